The molecule has 0 saturated heterocycles. The first-order valence-corrected chi connectivity index (χ1v) is 18.1. The number of thiophene rings is 1. The maximum Gasteiger partial charge on any atom is 0.135 e. The SMILES string of the molecule is c1ccc2c(c1)ccc1ccc(N(c3ccc(-c4ccc5oc6ccccc6c5c4)cc3)c3cccc4c3sc3c5ccccc5ccc43)cc12. The number of nitrogens with zero attached hydrogens (tertiary/aromatic N) is 1. The van der Waals surface area contributed by atoms with Gasteiger partial charge in [-0.3, -0.25) is 0 Å². The number of hydrogen-bond donors (Lipinski definition) is 0. The van der Waals surface area contributed by atoms with Crippen molar-refractivity contribution in [2.24, 2.45) is 0 Å². The van der Waals surface area contributed by atoms with Crippen molar-refractivity contribution >= 4 is 103 Å². The Balaban J connectivity index is 1.12. The zero-order valence-corrected chi connectivity index (χ0v) is 28.3. The van der Waals surface area contributed by atoms with Crippen molar-refractivity contribution in [3.8, 4) is 11.1 Å². The number of hydrogen-bond acceptors (Lipinski definition) is 3. The minimum atomic E-state index is 0.913. The first-order chi connectivity index (χ1) is 25.3. The molecule has 0 saturated carbocycles. The van der Waals surface area contributed by atoms with Crippen molar-refractivity contribution in [1.29, 1.82) is 0 Å². The van der Waals surface area contributed by atoms with E-state index >= 15 is 0 Å². The summed E-state index contributed by atoms with van der Waals surface area (Å²) in [5.74, 6) is 0. The molecule has 0 N–H and O–H groups in total. The van der Waals surface area contributed by atoms with Crippen LogP contribution in [0, 0.1) is 0 Å². The molecule has 0 fully saturated rings. The zero-order valence-electron chi connectivity index (χ0n) is 27.5. The Labute approximate surface area is 298 Å². The van der Waals surface area contributed by atoms with Crippen molar-refractivity contribution in [3.63, 3.8) is 0 Å². The van der Waals surface area contributed by atoms with E-state index in [2.05, 4.69) is 169 Å². The summed E-state index contributed by atoms with van der Waals surface area (Å²) in [6, 6.07) is 63.9. The number of para-hydroxylation sites is 1. The Kier molecular flexibility index (Phi) is 6.16. The summed E-state index contributed by atoms with van der Waals surface area (Å²) in [6.07, 6.45) is 0. The first kappa shape index (κ1) is 28.4. The molecule has 51 heavy (non-hydrogen) atoms. The topological polar surface area (TPSA) is 16.4 Å². The van der Waals surface area contributed by atoms with Gasteiger partial charge in [-0.2, -0.15) is 0 Å². The predicted molar refractivity (Wildman–Crippen MR) is 219 cm³/mol. The van der Waals surface area contributed by atoms with Crippen LogP contribution in [0.2, 0.25) is 0 Å². The highest BCUT2D eigenvalue weighted by Gasteiger charge is 2.20. The minimum absolute atomic E-state index is 0.913. The number of furan rings is 1. The van der Waals surface area contributed by atoms with E-state index in [1.807, 2.05) is 23.5 Å². The smallest absolute Gasteiger partial charge is 0.135 e. The van der Waals surface area contributed by atoms with Crippen LogP contribution in [-0.2, 0) is 0 Å². The number of anilines is 3. The molecule has 0 aliphatic carbocycles. The van der Waals surface area contributed by atoms with E-state index in [9.17, 15) is 0 Å². The highest BCUT2D eigenvalue weighted by Crippen LogP contribution is 2.47. The zero-order chi connectivity index (χ0) is 33.5. The van der Waals surface area contributed by atoms with E-state index in [0.717, 1.165) is 33.3 Å². The second-order valence-corrected chi connectivity index (χ2v) is 14.3. The average Bonchev–Trinajstić information content (AvgIpc) is 3.77. The van der Waals surface area contributed by atoms with Gasteiger partial charge in [0, 0.05) is 37.6 Å². The van der Waals surface area contributed by atoms with Crippen LogP contribution in [0.25, 0.3) is 85.6 Å². The maximum absolute atomic E-state index is 6.12. The fourth-order valence-corrected chi connectivity index (χ4v) is 9.29. The molecule has 0 radical (unpaired) electrons. The van der Waals surface area contributed by atoms with Crippen molar-refractivity contribution in [1.82, 2.24) is 0 Å². The Morgan fingerprint density at radius 2 is 0.961 bits per heavy atom. The largest absolute Gasteiger partial charge is 0.456 e. The van der Waals surface area contributed by atoms with Gasteiger partial charge in [-0.05, 0) is 92.0 Å². The van der Waals surface area contributed by atoms with Gasteiger partial charge in [0.15, 0.2) is 0 Å². The van der Waals surface area contributed by atoms with Crippen LogP contribution >= 0.6 is 11.3 Å². The molecule has 2 heterocycles. The molecule has 0 spiro atoms. The lowest BCUT2D eigenvalue weighted by molar-refractivity contribution is 0.669. The molecule has 11 rings (SSSR count). The van der Waals surface area contributed by atoms with Crippen molar-refractivity contribution in [2.45, 2.75) is 0 Å². The summed E-state index contributed by atoms with van der Waals surface area (Å²) < 4.78 is 8.74. The van der Waals surface area contributed by atoms with Crippen molar-refractivity contribution < 1.29 is 4.42 Å². The van der Waals surface area contributed by atoms with Crippen LogP contribution in [0.1, 0.15) is 0 Å². The van der Waals surface area contributed by atoms with Gasteiger partial charge in [0.05, 0.1) is 10.4 Å². The molecule has 0 aliphatic heterocycles. The second kappa shape index (κ2) is 11.0. The Morgan fingerprint density at radius 3 is 1.82 bits per heavy atom. The monoisotopic (exact) mass is 667 g/mol. The van der Waals surface area contributed by atoms with Gasteiger partial charge in [0.2, 0.25) is 0 Å². The molecule has 0 bridgehead atoms. The molecular weight excluding hydrogens is 639 g/mol. The van der Waals surface area contributed by atoms with Crippen LogP contribution < -0.4 is 4.90 Å². The molecule has 9 aromatic carbocycles. The Bertz CT molecular complexity index is 3150. The van der Waals surface area contributed by atoms with Crippen molar-refractivity contribution in [3.05, 3.63) is 176 Å². The molecule has 238 valence electrons. The lowest BCUT2D eigenvalue weighted by atomic mass is 10.00. The van der Waals surface area contributed by atoms with Crippen LogP contribution in [0.5, 0.6) is 0 Å². The van der Waals surface area contributed by atoms with E-state index < -0.39 is 0 Å². The highest BCUT2D eigenvalue weighted by atomic mass is 32.1. The van der Waals surface area contributed by atoms with Gasteiger partial charge >= 0.3 is 0 Å². The number of rotatable bonds is 4. The van der Waals surface area contributed by atoms with E-state index in [0.29, 0.717) is 0 Å². The third-order valence-electron chi connectivity index (χ3n) is 10.4. The fourth-order valence-electron chi connectivity index (χ4n) is 7.95. The number of benzene rings is 9. The van der Waals surface area contributed by atoms with Gasteiger partial charge in [-0.15, -0.1) is 11.3 Å². The van der Waals surface area contributed by atoms with Crippen LogP contribution in [0.15, 0.2) is 180 Å². The van der Waals surface area contributed by atoms with E-state index in [-0.39, 0.29) is 0 Å². The summed E-state index contributed by atoms with van der Waals surface area (Å²) in [6.45, 7) is 0. The van der Waals surface area contributed by atoms with E-state index in [4.69, 9.17) is 4.42 Å². The molecule has 3 heteroatoms. The molecule has 0 amide bonds. The summed E-state index contributed by atoms with van der Waals surface area (Å²) in [4.78, 5) is 2.44. The lowest BCUT2D eigenvalue weighted by Gasteiger charge is -2.27. The normalized spacial score (nSPS) is 11.9. The molecular formula is C48H29NOS. The molecule has 0 aliphatic rings. The second-order valence-electron chi connectivity index (χ2n) is 13.3. The lowest BCUT2D eigenvalue weighted by Crippen LogP contribution is -2.10. The third-order valence-corrected chi connectivity index (χ3v) is 11.7. The molecule has 11 aromatic rings. The van der Waals surface area contributed by atoms with Crippen LogP contribution in [-0.4, -0.2) is 0 Å². The summed E-state index contributed by atoms with van der Waals surface area (Å²) >= 11 is 1.89. The van der Waals surface area contributed by atoms with Crippen LogP contribution in [0.3, 0.4) is 0 Å². The quantitative estimate of drug-likeness (QED) is 0.174. The number of fused-ring (bicyclic) bond motifs is 11. The minimum Gasteiger partial charge on any atom is -0.456 e. The van der Waals surface area contributed by atoms with Gasteiger partial charge in [0.25, 0.3) is 0 Å². The predicted octanol–water partition coefficient (Wildman–Crippen LogP) is 14.6. The fraction of sp³-hybridized carbons (Fsp3) is 0. The van der Waals surface area contributed by atoms with Gasteiger partial charge in [0.1, 0.15) is 11.2 Å². The first-order valence-electron chi connectivity index (χ1n) is 17.3. The van der Waals surface area contributed by atoms with Crippen LogP contribution in [0.4, 0.5) is 17.1 Å². The van der Waals surface area contributed by atoms with Gasteiger partial charge < -0.3 is 9.32 Å². The van der Waals surface area contributed by atoms with Gasteiger partial charge in [-0.1, -0.05) is 127 Å². The van der Waals surface area contributed by atoms with Crippen molar-refractivity contribution in [2.75, 3.05) is 4.90 Å². The standard InChI is InChI=1S/C48H29NOS/c1-3-10-37-31(8-1)16-17-33-20-25-36(29-42(33)37)49(44-14-7-13-40-41-26-21-32-9-2-4-11-38(32)47(41)51-48(40)44)35-23-18-30(19-24-35)34-22-27-46-43(28-34)39-12-5-6-15-45(39)50-46/h1-29H. The molecule has 2 nitrogen and oxygen atoms in total. The molecule has 0 unspecified atom stereocenters. The highest BCUT2D eigenvalue weighted by molar-refractivity contribution is 7.27. The molecule has 2 aromatic heterocycles. The molecule has 0 atom stereocenters. The Hall–Kier alpha value is -6.42. The Morgan fingerprint density at radius 1 is 0.353 bits per heavy atom. The summed E-state index contributed by atoms with van der Waals surface area (Å²) in [5.41, 5.74) is 7.59. The average molecular weight is 668 g/mol. The van der Waals surface area contributed by atoms with E-state index in [1.165, 1.54) is 69.3 Å². The van der Waals surface area contributed by atoms with Gasteiger partial charge in [-0.25, -0.2) is 0 Å². The summed E-state index contributed by atoms with van der Waals surface area (Å²) in [7, 11) is 0. The third kappa shape index (κ3) is 4.42. The maximum atomic E-state index is 6.12. The van der Waals surface area contributed by atoms with E-state index in [1.54, 1.807) is 0 Å². The summed E-state index contributed by atoms with van der Waals surface area (Å²) in [5, 5.41) is 12.4.